The van der Waals surface area contributed by atoms with E-state index in [-0.39, 0.29) is 30.3 Å². The summed E-state index contributed by atoms with van der Waals surface area (Å²) in [7, 11) is 4.13. The molecule has 9 nitrogen and oxygen atoms in total. The van der Waals surface area contributed by atoms with E-state index in [0.717, 1.165) is 29.7 Å². The Labute approximate surface area is 256 Å². The summed E-state index contributed by atoms with van der Waals surface area (Å²) in [6.07, 6.45) is 9.31. The van der Waals surface area contributed by atoms with Crippen LogP contribution in [0.5, 0.6) is 0 Å². The zero-order valence-electron chi connectivity index (χ0n) is 24.3. The summed E-state index contributed by atoms with van der Waals surface area (Å²) < 4.78 is 0. The molecule has 3 aliphatic rings. The number of nitrogen functional groups attached to an aromatic ring is 1. The van der Waals surface area contributed by atoms with Crippen molar-refractivity contribution in [1.82, 2.24) is 19.6 Å². The number of carbonyl (C=O) groups excluding carboxylic acids is 3. The van der Waals surface area contributed by atoms with Crippen molar-refractivity contribution < 1.29 is 14.4 Å². The van der Waals surface area contributed by atoms with Gasteiger partial charge in [0, 0.05) is 61.2 Å². The number of fused-ring (bicyclic) bond motifs is 1. The highest BCUT2D eigenvalue weighted by Crippen LogP contribution is 2.31. The predicted molar refractivity (Wildman–Crippen MR) is 167 cm³/mol. The smallest absolute Gasteiger partial charge is 0.322 e. The quantitative estimate of drug-likeness (QED) is 0.363. The molecule has 0 saturated carbocycles. The molecule has 0 aliphatic carbocycles. The number of halogens is 1. The van der Waals surface area contributed by atoms with E-state index >= 15 is 0 Å². The summed E-state index contributed by atoms with van der Waals surface area (Å²) in [5.74, 6) is 1.98. The van der Waals surface area contributed by atoms with Gasteiger partial charge >= 0.3 is 6.03 Å². The molecule has 1 aromatic carbocycles. The van der Waals surface area contributed by atoms with Crippen molar-refractivity contribution in [2.45, 2.75) is 57.2 Å². The van der Waals surface area contributed by atoms with Gasteiger partial charge < -0.3 is 30.7 Å². The third kappa shape index (κ3) is 6.54. The molecule has 0 bridgehead atoms. The Balaban J connectivity index is 1.25. The van der Waals surface area contributed by atoms with Gasteiger partial charge in [0.1, 0.15) is 0 Å². The van der Waals surface area contributed by atoms with E-state index in [1.165, 1.54) is 0 Å². The summed E-state index contributed by atoms with van der Waals surface area (Å²) in [5, 5.41) is 7.36. The molecule has 224 valence electrons. The van der Waals surface area contributed by atoms with Crippen LogP contribution in [0.4, 0.5) is 16.2 Å². The van der Waals surface area contributed by atoms with Gasteiger partial charge in [-0.2, -0.15) is 0 Å². The molecule has 0 spiro atoms. The summed E-state index contributed by atoms with van der Waals surface area (Å²) in [6.45, 7) is 3.02. The van der Waals surface area contributed by atoms with Crippen LogP contribution in [0, 0.1) is 18.3 Å². The highest BCUT2D eigenvalue weighted by atomic mass is 35.5. The van der Waals surface area contributed by atoms with E-state index in [0.29, 0.717) is 74.3 Å². The van der Waals surface area contributed by atoms with Crippen molar-refractivity contribution in [2.75, 3.05) is 51.3 Å². The molecule has 3 aliphatic heterocycles. The van der Waals surface area contributed by atoms with Crippen LogP contribution in [0.3, 0.4) is 0 Å². The van der Waals surface area contributed by atoms with Gasteiger partial charge in [0.2, 0.25) is 11.8 Å². The standard InChI is InChI=1S/C31H39ClN6O3S/c1-4-21-13-20(15-26(32)29(21)33)14-22(30(40)37-11-5-24(6-12-37)35(2)3)16-28(39)36-9-7-25(8-10-36)38-17-23-18-42-19-27(23)34-31(38)41/h1,13,15,18-19,22,24-25H,5-12,14,16-17,33H2,2-3H3,(H,34,41)/t22-/m0/s1. The van der Waals surface area contributed by atoms with Crippen LogP contribution in [0.25, 0.3) is 0 Å². The van der Waals surface area contributed by atoms with E-state index in [4.69, 9.17) is 23.8 Å². The summed E-state index contributed by atoms with van der Waals surface area (Å²) in [5.41, 5.74) is 9.68. The minimum absolute atomic E-state index is 0.0118. The Hall–Kier alpha value is -3.26. The lowest BCUT2D eigenvalue weighted by Crippen LogP contribution is -2.51. The van der Waals surface area contributed by atoms with Crippen molar-refractivity contribution in [2.24, 2.45) is 5.92 Å². The zero-order valence-corrected chi connectivity index (χ0v) is 25.8. The number of hydrogen-bond acceptors (Lipinski definition) is 6. The molecule has 4 heterocycles. The lowest BCUT2D eigenvalue weighted by atomic mass is 9.91. The van der Waals surface area contributed by atoms with E-state index in [1.54, 1.807) is 23.5 Å². The Kier molecular flexibility index (Phi) is 9.31. The molecule has 2 fully saturated rings. The first-order valence-electron chi connectivity index (χ1n) is 14.5. The van der Waals surface area contributed by atoms with Crippen LogP contribution >= 0.6 is 22.9 Å². The van der Waals surface area contributed by atoms with Gasteiger partial charge in [-0.25, -0.2) is 4.79 Å². The maximum Gasteiger partial charge on any atom is 0.322 e. The Bertz CT molecular complexity index is 1370. The first-order chi connectivity index (χ1) is 20.1. The molecule has 2 aromatic rings. The third-order valence-electron chi connectivity index (χ3n) is 8.95. The minimum Gasteiger partial charge on any atom is -0.397 e. The van der Waals surface area contributed by atoms with Gasteiger partial charge in [0.05, 0.1) is 28.9 Å². The number of hydrogen-bond donors (Lipinski definition) is 2. The number of amides is 4. The second-order valence-electron chi connectivity index (χ2n) is 11.8. The Morgan fingerprint density at radius 3 is 2.50 bits per heavy atom. The highest BCUT2D eigenvalue weighted by molar-refractivity contribution is 7.08. The van der Waals surface area contributed by atoms with Gasteiger partial charge in [0.15, 0.2) is 0 Å². The highest BCUT2D eigenvalue weighted by Gasteiger charge is 2.35. The number of terminal acetylenes is 1. The van der Waals surface area contributed by atoms with Crippen molar-refractivity contribution in [3.63, 3.8) is 0 Å². The van der Waals surface area contributed by atoms with Gasteiger partial charge in [-0.3, -0.25) is 9.59 Å². The topological polar surface area (TPSA) is 102 Å². The largest absolute Gasteiger partial charge is 0.397 e. The Morgan fingerprint density at radius 2 is 1.83 bits per heavy atom. The summed E-state index contributed by atoms with van der Waals surface area (Å²) >= 11 is 7.95. The second-order valence-corrected chi connectivity index (χ2v) is 12.9. The molecule has 1 aromatic heterocycles. The number of carbonyl (C=O) groups is 3. The number of nitrogens with two attached hydrogens (primary N) is 1. The molecule has 0 unspecified atom stereocenters. The normalized spacial score (nSPS) is 18.9. The van der Waals surface area contributed by atoms with Crippen LogP contribution in [0.15, 0.2) is 22.9 Å². The van der Waals surface area contributed by atoms with Gasteiger partial charge in [-0.1, -0.05) is 17.5 Å². The van der Waals surface area contributed by atoms with Crippen LogP contribution in [-0.4, -0.2) is 89.8 Å². The van der Waals surface area contributed by atoms with Gasteiger partial charge in [-0.15, -0.1) is 17.8 Å². The fraction of sp³-hybridized carbons (Fsp3) is 0.516. The molecule has 1 atom stereocenters. The molecule has 4 amide bonds. The fourth-order valence-corrected chi connectivity index (χ4v) is 7.39. The van der Waals surface area contributed by atoms with Crippen molar-refractivity contribution in [3.05, 3.63) is 44.6 Å². The zero-order chi connectivity index (χ0) is 30.0. The molecule has 11 heteroatoms. The molecule has 0 radical (unpaired) electrons. The maximum absolute atomic E-state index is 13.9. The fourth-order valence-electron chi connectivity index (χ4n) is 6.36. The molecule has 42 heavy (non-hydrogen) atoms. The average Bonchev–Trinajstić information content (AvgIpc) is 3.45. The minimum atomic E-state index is -0.540. The number of rotatable bonds is 7. The summed E-state index contributed by atoms with van der Waals surface area (Å²) in [6, 6.07) is 3.96. The number of nitrogens with one attached hydrogen (secondary N) is 1. The Morgan fingerprint density at radius 1 is 1.14 bits per heavy atom. The predicted octanol–water partition coefficient (Wildman–Crippen LogP) is 4.11. The van der Waals surface area contributed by atoms with Gasteiger partial charge in [-0.05, 0) is 69.3 Å². The summed E-state index contributed by atoms with van der Waals surface area (Å²) in [4.78, 5) is 48.1. The van der Waals surface area contributed by atoms with E-state index < -0.39 is 5.92 Å². The number of anilines is 2. The first kappa shape index (κ1) is 30.2. The van der Waals surface area contributed by atoms with Crippen molar-refractivity contribution in [1.29, 1.82) is 0 Å². The number of likely N-dealkylation sites (tertiary alicyclic amines) is 2. The lowest BCUT2D eigenvalue weighted by molar-refractivity contribution is -0.143. The van der Waals surface area contributed by atoms with Crippen LogP contribution in [0.1, 0.15) is 48.8 Å². The molecule has 2 saturated heterocycles. The number of piperidine rings is 2. The molecule has 3 N–H and O–H groups in total. The van der Waals surface area contributed by atoms with E-state index in [9.17, 15) is 14.4 Å². The SMILES string of the molecule is C#Cc1cc(C[C@@H](CC(=O)N2CCC(N3Cc4cscc4NC3=O)CC2)C(=O)N2CCC(N(C)C)CC2)cc(Cl)c1N. The van der Waals surface area contributed by atoms with Gasteiger partial charge in [0.25, 0.3) is 0 Å². The maximum atomic E-state index is 13.9. The third-order valence-corrected chi connectivity index (χ3v) is 10.1. The van der Waals surface area contributed by atoms with Crippen molar-refractivity contribution in [3.8, 4) is 12.3 Å². The number of urea groups is 1. The van der Waals surface area contributed by atoms with Crippen molar-refractivity contribution >= 4 is 52.2 Å². The number of nitrogens with zero attached hydrogens (tertiary/aromatic N) is 4. The molecular formula is C31H39ClN6O3S. The monoisotopic (exact) mass is 610 g/mol. The lowest BCUT2D eigenvalue weighted by Gasteiger charge is -2.40. The molecule has 5 rings (SSSR count). The number of thiophene rings is 1. The van der Waals surface area contributed by atoms with E-state index in [2.05, 4.69) is 35.6 Å². The first-order valence-corrected chi connectivity index (χ1v) is 15.9. The van der Waals surface area contributed by atoms with Crippen LogP contribution in [0.2, 0.25) is 5.02 Å². The van der Waals surface area contributed by atoms with E-state index in [1.807, 2.05) is 20.1 Å². The van der Waals surface area contributed by atoms with Crippen LogP contribution in [-0.2, 0) is 22.6 Å². The second kappa shape index (κ2) is 12.9. The number of benzene rings is 1. The van der Waals surface area contributed by atoms with Crippen LogP contribution < -0.4 is 11.1 Å². The average molecular weight is 611 g/mol. The molecular weight excluding hydrogens is 572 g/mol.